The number of nitrogens with zero attached hydrogens (tertiary/aromatic N) is 3. The topological polar surface area (TPSA) is 74.9 Å². The van der Waals surface area contributed by atoms with Crippen LogP contribution >= 0.6 is 0 Å². The highest BCUT2D eigenvalue weighted by Gasteiger charge is 2.07. The summed E-state index contributed by atoms with van der Waals surface area (Å²) in [5.74, 6) is -0.907. The Kier molecular flexibility index (Phi) is 3.38. The van der Waals surface area contributed by atoms with Crippen LogP contribution in [0.1, 0.15) is 5.69 Å². The molecule has 0 spiro atoms. The van der Waals surface area contributed by atoms with Crippen molar-refractivity contribution in [3.05, 3.63) is 46.5 Å². The first-order valence-electron chi connectivity index (χ1n) is 5.44. The zero-order chi connectivity index (χ0) is 13.1. The summed E-state index contributed by atoms with van der Waals surface area (Å²) in [6.07, 6.45) is 1.65. The van der Waals surface area contributed by atoms with Crippen molar-refractivity contribution in [2.24, 2.45) is 0 Å². The molecule has 0 aromatic carbocycles. The lowest BCUT2D eigenvalue weighted by atomic mass is 10.3. The minimum Gasteiger partial charge on any atom is -0.480 e. The summed E-state index contributed by atoms with van der Waals surface area (Å²) in [6.45, 7) is 0.239. The van der Waals surface area contributed by atoms with Crippen molar-refractivity contribution in [2.75, 3.05) is 13.6 Å². The molecule has 94 valence electrons. The van der Waals surface area contributed by atoms with Crippen LogP contribution in [-0.4, -0.2) is 39.0 Å². The van der Waals surface area contributed by atoms with E-state index in [1.807, 2.05) is 0 Å². The van der Waals surface area contributed by atoms with Crippen LogP contribution in [-0.2, 0) is 11.3 Å². The predicted octanol–water partition coefficient (Wildman–Crippen LogP) is 0.211. The van der Waals surface area contributed by atoms with Crippen LogP contribution in [0.5, 0.6) is 0 Å². The van der Waals surface area contributed by atoms with Crippen molar-refractivity contribution in [1.82, 2.24) is 14.3 Å². The third-order valence-electron chi connectivity index (χ3n) is 2.46. The molecule has 0 aliphatic carbocycles. The van der Waals surface area contributed by atoms with Gasteiger partial charge in [-0.2, -0.15) is 0 Å². The highest BCUT2D eigenvalue weighted by molar-refractivity contribution is 5.69. The maximum atomic E-state index is 11.8. The van der Waals surface area contributed by atoms with Crippen molar-refractivity contribution < 1.29 is 9.90 Å². The Hall–Kier alpha value is -2.21. The summed E-state index contributed by atoms with van der Waals surface area (Å²) in [5.41, 5.74) is 0.956. The summed E-state index contributed by atoms with van der Waals surface area (Å²) in [4.78, 5) is 28.2. The average molecular weight is 247 g/mol. The van der Waals surface area contributed by atoms with Crippen molar-refractivity contribution in [3.63, 3.8) is 0 Å². The van der Waals surface area contributed by atoms with Crippen molar-refractivity contribution in [3.8, 4) is 0 Å². The van der Waals surface area contributed by atoms with Gasteiger partial charge in [0.2, 0.25) is 0 Å². The largest absolute Gasteiger partial charge is 0.480 e. The van der Waals surface area contributed by atoms with Crippen molar-refractivity contribution in [2.45, 2.75) is 6.54 Å². The van der Waals surface area contributed by atoms with Gasteiger partial charge in [0.25, 0.3) is 5.56 Å². The lowest BCUT2D eigenvalue weighted by Gasteiger charge is -2.13. The van der Waals surface area contributed by atoms with Crippen molar-refractivity contribution >= 4 is 11.6 Å². The molecule has 6 nitrogen and oxygen atoms in total. The van der Waals surface area contributed by atoms with Crippen LogP contribution in [0.2, 0.25) is 0 Å². The standard InChI is InChI=1S/C12H13N3O3/c1-14(8-12(17)18)7-9-6-11(16)15-5-3-2-4-10(15)13-9/h2-6H,7-8H2,1H3,(H,17,18). The number of carbonyl (C=O) groups is 1. The zero-order valence-electron chi connectivity index (χ0n) is 9.91. The first kappa shape index (κ1) is 12.3. The van der Waals surface area contributed by atoms with E-state index in [1.165, 1.54) is 10.5 Å². The van der Waals surface area contributed by atoms with Crippen LogP contribution in [0.4, 0.5) is 0 Å². The lowest BCUT2D eigenvalue weighted by Crippen LogP contribution is -2.26. The average Bonchev–Trinajstić information content (AvgIpc) is 2.27. The monoisotopic (exact) mass is 247 g/mol. The molecule has 2 aromatic heterocycles. The number of carboxylic acid groups (broad SMARTS) is 1. The fourth-order valence-corrected chi connectivity index (χ4v) is 1.75. The first-order chi connectivity index (χ1) is 8.56. The molecule has 0 bridgehead atoms. The van der Waals surface area contributed by atoms with Gasteiger partial charge in [-0.05, 0) is 19.2 Å². The van der Waals surface area contributed by atoms with E-state index in [2.05, 4.69) is 4.98 Å². The normalized spacial score (nSPS) is 11.0. The molecule has 2 rings (SSSR count). The maximum Gasteiger partial charge on any atom is 0.317 e. The number of carboxylic acids is 1. The first-order valence-corrected chi connectivity index (χ1v) is 5.44. The van der Waals surface area contributed by atoms with Gasteiger partial charge in [-0.3, -0.25) is 18.9 Å². The number of hydrogen-bond donors (Lipinski definition) is 1. The predicted molar refractivity (Wildman–Crippen MR) is 65.4 cm³/mol. The van der Waals surface area contributed by atoms with E-state index in [4.69, 9.17) is 5.11 Å². The molecule has 0 radical (unpaired) electrons. The second kappa shape index (κ2) is 4.97. The Bertz CT molecular complexity index is 636. The van der Waals surface area contributed by atoms with E-state index in [0.717, 1.165) is 0 Å². The summed E-state index contributed by atoms with van der Waals surface area (Å²) in [6, 6.07) is 6.71. The quantitative estimate of drug-likeness (QED) is 0.836. The highest BCUT2D eigenvalue weighted by atomic mass is 16.4. The molecule has 0 amide bonds. The third-order valence-corrected chi connectivity index (χ3v) is 2.46. The molecule has 0 unspecified atom stereocenters. The second-order valence-electron chi connectivity index (χ2n) is 4.08. The van der Waals surface area contributed by atoms with Crippen LogP contribution in [0.3, 0.4) is 0 Å². The highest BCUT2D eigenvalue weighted by Crippen LogP contribution is 2.01. The van der Waals surface area contributed by atoms with Crippen LogP contribution < -0.4 is 5.56 Å². The molecule has 0 saturated carbocycles. The fraction of sp³-hybridized carbons (Fsp3) is 0.250. The van der Waals surface area contributed by atoms with Crippen molar-refractivity contribution in [1.29, 1.82) is 0 Å². The summed E-state index contributed by atoms with van der Waals surface area (Å²) >= 11 is 0. The van der Waals surface area contributed by atoms with Gasteiger partial charge in [-0.25, -0.2) is 4.98 Å². The van der Waals surface area contributed by atoms with E-state index in [-0.39, 0.29) is 12.1 Å². The van der Waals surface area contributed by atoms with Gasteiger partial charge in [0.15, 0.2) is 0 Å². The van der Waals surface area contributed by atoms with E-state index < -0.39 is 5.97 Å². The minimum absolute atomic E-state index is 0.0875. The SMILES string of the molecule is CN(CC(=O)O)Cc1cc(=O)n2ccccc2n1. The van der Waals surface area contributed by atoms with Gasteiger partial charge in [0, 0.05) is 18.8 Å². The maximum absolute atomic E-state index is 11.8. The molecule has 2 heterocycles. The molecular formula is C12H13N3O3. The van der Waals surface area contributed by atoms with E-state index in [9.17, 15) is 9.59 Å². The van der Waals surface area contributed by atoms with E-state index in [1.54, 1.807) is 36.3 Å². The Morgan fingerprint density at radius 3 is 3.00 bits per heavy atom. The van der Waals surface area contributed by atoms with Gasteiger partial charge in [0.05, 0.1) is 12.2 Å². The smallest absolute Gasteiger partial charge is 0.317 e. The number of aliphatic carboxylic acids is 1. The summed E-state index contributed by atoms with van der Waals surface area (Å²) in [5, 5.41) is 8.66. The third kappa shape index (κ3) is 2.72. The Morgan fingerprint density at radius 1 is 1.50 bits per heavy atom. The number of fused-ring (bicyclic) bond motifs is 1. The van der Waals surface area contributed by atoms with Crippen LogP contribution in [0.25, 0.3) is 5.65 Å². The number of pyridine rings is 1. The zero-order valence-corrected chi connectivity index (χ0v) is 9.91. The molecular weight excluding hydrogens is 234 g/mol. The number of aromatic nitrogens is 2. The van der Waals surface area contributed by atoms with Gasteiger partial charge >= 0.3 is 5.97 Å². The molecule has 1 N–H and O–H groups in total. The molecule has 0 aliphatic heterocycles. The Balaban J connectivity index is 2.30. The van der Waals surface area contributed by atoms with Crippen LogP contribution in [0, 0.1) is 0 Å². The Labute approximate surface area is 103 Å². The van der Waals surface area contributed by atoms with Crippen LogP contribution in [0.15, 0.2) is 35.3 Å². The Morgan fingerprint density at radius 2 is 2.28 bits per heavy atom. The van der Waals surface area contributed by atoms with Gasteiger partial charge in [0.1, 0.15) is 5.65 Å². The molecule has 2 aromatic rings. The number of likely N-dealkylation sites (N-methyl/N-ethyl adjacent to an activating group) is 1. The number of rotatable bonds is 4. The molecule has 0 atom stereocenters. The minimum atomic E-state index is -0.907. The lowest BCUT2D eigenvalue weighted by molar-refractivity contribution is -0.138. The van der Waals surface area contributed by atoms with E-state index >= 15 is 0 Å². The van der Waals surface area contributed by atoms with Gasteiger partial charge in [-0.1, -0.05) is 6.07 Å². The molecule has 0 fully saturated rings. The fourth-order valence-electron chi connectivity index (χ4n) is 1.75. The molecule has 18 heavy (non-hydrogen) atoms. The summed E-state index contributed by atoms with van der Waals surface area (Å²) < 4.78 is 1.45. The summed E-state index contributed by atoms with van der Waals surface area (Å²) in [7, 11) is 1.67. The van der Waals surface area contributed by atoms with Gasteiger partial charge in [-0.15, -0.1) is 0 Å². The molecule has 6 heteroatoms. The molecule has 0 aliphatic rings. The van der Waals surface area contributed by atoms with Gasteiger partial charge < -0.3 is 5.11 Å². The van der Waals surface area contributed by atoms with E-state index in [0.29, 0.717) is 17.9 Å². The second-order valence-corrected chi connectivity index (χ2v) is 4.08. The molecule has 0 saturated heterocycles. The number of hydrogen-bond acceptors (Lipinski definition) is 4.